The number of anilines is 1. The summed E-state index contributed by atoms with van der Waals surface area (Å²) in [4.78, 5) is 12.5. The van der Waals surface area contributed by atoms with Crippen molar-refractivity contribution < 1.29 is 18.7 Å². The van der Waals surface area contributed by atoms with Crippen molar-refractivity contribution in [1.82, 2.24) is 0 Å². The van der Waals surface area contributed by atoms with Crippen molar-refractivity contribution in [3.8, 4) is 11.5 Å². The van der Waals surface area contributed by atoms with E-state index in [9.17, 15) is 4.79 Å². The van der Waals surface area contributed by atoms with Crippen LogP contribution in [0.3, 0.4) is 0 Å². The molecule has 24 heavy (non-hydrogen) atoms. The molecule has 0 aliphatic rings. The Bertz CT molecular complexity index is 917. The number of amides is 1. The van der Waals surface area contributed by atoms with Gasteiger partial charge in [0.15, 0.2) is 17.1 Å². The van der Waals surface area contributed by atoms with Crippen LogP contribution in [-0.2, 0) is 0 Å². The van der Waals surface area contributed by atoms with E-state index in [1.54, 1.807) is 31.4 Å². The van der Waals surface area contributed by atoms with Gasteiger partial charge >= 0.3 is 0 Å². The van der Waals surface area contributed by atoms with Crippen LogP contribution < -0.4 is 14.8 Å². The molecular formula is C18H16ClNO4. The van der Waals surface area contributed by atoms with E-state index < -0.39 is 0 Å². The highest BCUT2D eigenvalue weighted by Gasteiger charge is 2.17. The molecule has 0 saturated heterocycles. The summed E-state index contributed by atoms with van der Waals surface area (Å²) < 4.78 is 16.2. The Morgan fingerprint density at radius 1 is 1.12 bits per heavy atom. The van der Waals surface area contributed by atoms with Crippen LogP contribution in [0.25, 0.3) is 11.0 Å². The zero-order valence-electron chi connectivity index (χ0n) is 13.5. The SMILES string of the molecule is COc1cc(Cl)c(C)cc1NC(=O)c1cc2cccc(OC)c2o1. The van der Waals surface area contributed by atoms with Crippen LogP contribution in [0.15, 0.2) is 40.8 Å². The summed E-state index contributed by atoms with van der Waals surface area (Å²) in [5, 5.41) is 4.15. The van der Waals surface area contributed by atoms with Crippen LogP contribution in [0.5, 0.6) is 11.5 Å². The molecule has 1 N–H and O–H groups in total. The number of benzene rings is 2. The Kier molecular flexibility index (Phi) is 4.36. The van der Waals surface area contributed by atoms with Gasteiger partial charge in [0.1, 0.15) is 5.75 Å². The van der Waals surface area contributed by atoms with E-state index in [1.807, 2.05) is 19.1 Å². The van der Waals surface area contributed by atoms with Gasteiger partial charge < -0.3 is 19.2 Å². The fraction of sp³-hybridized carbons (Fsp3) is 0.167. The Labute approximate surface area is 144 Å². The van der Waals surface area contributed by atoms with Gasteiger partial charge in [-0.15, -0.1) is 0 Å². The van der Waals surface area contributed by atoms with Crippen molar-refractivity contribution in [3.63, 3.8) is 0 Å². The standard InChI is InChI=1S/C18H16ClNO4/c1-10-7-13(15(23-3)9-12(10)19)20-18(21)16-8-11-5-4-6-14(22-2)17(11)24-16/h4-9H,1-3H3,(H,20,21). The fourth-order valence-electron chi connectivity index (χ4n) is 2.42. The summed E-state index contributed by atoms with van der Waals surface area (Å²) in [6, 6.07) is 10.5. The largest absolute Gasteiger partial charge is 0.495 e. The summed E-state index contributed by atoms with van der Waals surface area (Å²) in [5.74, 6) is 0.858. The predicted octanol–water partition coefficient (Wildman–Crippen LogP) is 4.66. The molecular weight excluding hydrogens is 330 g/mol. The Balaban J connectivity index is 1.95. The van der Waals surface area contributed by atoms with Crippen LogP contribution in [0.4, 0.5) is 5.69 Å². The fourth-order valence-corrected chi connectivity index (χ4v) is 2.58. The second kappa shape index (κ2) is 6.45. The van der Waals surface area contributed by atoms with Crippen molar-refractivity contribution in [3.05, 3.63) is 52.7 Å². The number of carbonyl (C=O) groups is 1. The maximum Gasteiger partial charge on any atom is 0.291 e. The average Bonchev–Trinajstić information content (AvgIpc) is 3.02. The lowest BCUT2D eigenvalue weighted by Gasteiger charge is -2.11. The molecule has 0 radical (unpaired) electrons. The van der Waals surface area contributed by atoms with E-state index in [0.29, 0.717) is 27.8 Å². The molecule has 6 heteroatoms. The van der Waals surface area contributed by atoms with Gasteiger partial charge in [-0.1, -0.05) is 23.7 Å². The lowest BCUT2D eigenvalue weighted by atomic mass is 10.2. The molecule has 1 aromatic heterocycles. The van der Waals surface area contributed by atoms with Crippen molar-refractivity contribution in [2.45, 2.75) is 6.92 Å². The van der Waals surface area contributed by atoms with E-state index in [0.717, 1.165) is 10.9 Å². The number of halogens is 1. The highest BCUT2D eigenvalue weighted by atomic mass is 35.5. The molecule has 124 valence electrons. The minimum Gasteiger partial charge on any atom is -0.495 e. The van der Waals surface area contributed by atoms with Gasteiger partial charge in [0.2, 0.25) is 0 Å². The first-order valence-electron chi connectivity index (χ1n) is 7.25. The van der Waals surface area contributed by atoms with Crippen molar-refractivity contribution >= 4 is 34.2 Å². The van der Waals surface area contributed by atoms with Crippen LogP contribution in [0.2, 0.25) is 5.02 Å². The lowest BCUT2D eigenvalue weighted by Crippen LogP contribution is -2.12. The van der Waals surface area contributed by atoms with Crippen molar-refractivity contribution in [2.24, 2.45) is 0 Å². The predicted molar refractivity (Wildman–Crippen MR) is 93.5 cm³/mol. The van der Waals surface area contributed by atoms with Crippen LogP contribution in [-0.4, -0.2) is 20.1 Å². The topological polar surface area (TPSA) is 60.7 Å². The van der Waals surface area contributed by atoms with Gasteiger partial charge in [0, 0.05) is 16.5 Å². The minimum absolute atomic E-state index is 0.184. The zero-order valence-corrected chi connectivity index (χ0v) is 14.2. The first-order chi connectivity index (χ1) is 11.5. The summed E-state index contributed by atoms with van der Waals surface area (Å²) in [7, 11) is 3.07. The minimum atomic E-state index is -0.381. The molecule has 2 aromatic carbocycles. The first-order valence-corrected chi connectivity index (χ1v) is 7.63. The average molecular weight is 346 g/mol. The zero-order chi connectivity index (χ0) is 17.3. The Morgan fingerprint density at radius 3 is 2.58 bits per heavy atom. The number of carbonyl (C=O) groups excluding carboxylic acids is 1. The number of rotatable bonds is 4. The Hall–Kier alpha value is -2.66. The quantitative estimate of drug-likeness (QED) is 0.746. The summed E-state index contributed by atoms with van der Waals surface area (Å²) >= 11 is 6.08. The first kappa shape index (κ1) is 16.2. The third kappa shape index (κ3) is 2.90. The van der Waals surface area contributed by atoms with Crippen molar-refractivity contribution in [1.29, 1.82) is 0 Å². The highest BCUT2D eigenvalue weighted by Crippen LogP contribution is 2.32. The van der Waals surface area contributed by atoms with Gasteiger partial charge in [-0.05, 0) is 30.7 Å². The second-order valence-electron chi connectivity index (χ2n) is 5.25. The van der Waals surface area contributed by atoms with Gasteiger partial charge in [-0.25, -0.2) is 0 Å². The molecule has 0 bridgehead atoms. The number of para-hydroxylation sites is 1. The number of nitrogens with one attached hydrogen (secondary N) is 1. The molecule has 0 saturated carbocycles. The van der Waals surface area contributed by atoms with Gasteiger partial charge in [0.05, 0.1) is 19.9 Å². The highest BCUT2D eigenvalue weighted by molar-refractivity contribution is 6.31. The Morgan fingerprint density at radius 2 is 1.88 bits per heavy atom. The third-order valence-electron chi connectivity index (χ3n) is 3.68. The van der Waals surface area contributed by atoms with E-state index in [-0.39, 0.29) is 11.7 Å². The number of hydrogen-bond acceptors (Lipinski definition) is 4. The molecule has 5 nitrogen and oxygen atoms in total. The maximum absolute atomic E-state index is 12.5. The van der Waals surface area contributed by atoms with E-state index in [2.05, 4.69) is 5.32 Å². The third-order valence-corrected chi connectivity index (χ3v) is 4.09. The van der Waals surface area contributed by atoms with E-state index >= 15 is 0 Å². The molecule has 0 unspecified atom stereocenters. The monoisotopic (exact) mass is 345 g/mol. The van der Waals surface area contributed by atoms with Gasteiger partial charge in [-0.2, -0.15) is 0 Å². The normalized spacial score (nSPS) is 10.7. The van der Waals surface area contributed by atoms with Gasteiger partial charge in [-0.3, -0.25) is 4.79 Å². The van der Waals surface area contributed by atoms with E-state index in [4.69, 9.17) is 25.5 Å². The number of ether oxygens (including phenoxy) is 2. The van der Waals surface area contributed by atoms with Crippen molar-refractivity contribution in [2.75, 3.05) is 19.5 Å². The molecule has 3 rings (SSSR count). The number of hydrogen-bond donors (Lipinski definition) is 1. The number of methoxy groups -OCH3 is 2. The van der Waals surface area contributed by atoms with Crippen LogP contribution >= 0.6 is 11.6 Å². The summed E-state index contributed by atoms with van der Waals surface area (Å²) in [5.41, 5.74) is 1.89. The molecule has 0 atom stereocenters. The summed E-state index contributed by atoms with van der Waals surface area (Å²) in [6.07, 6.45) is 0. The molecule has 0 spiro atoms. The molecule has 0 fully saturated rings. The van der Waals surface area contributed by atoms with Crippen LogP contribution in [0.1, 0.15) is 16.1 Å². The second-order valence-corrected chi connectivity index (χ2v) is 5.65. The smallest absolute Gasteiger partial charge is 0.291 e. The molecule has 1 amide bonds. The van der Waals surface area contributed by atoms with Gasteiger partial charge in [0.25, 0.3) is 5.91 Å². The molecule has 3 aromatic rings. The number of aryl methyl sites for hydroxylation is 1. The van der Waals surface area contributed by atoms with E-state index in [1.165, 1.54) is 7.11 Å². The lowest BCUT2D eigenvalue weighted by molar-refractivity contribution is 0.0998. The molecule has 0 aliphatic carbocycles. The number of furan rings is 1. The summed E-state index contributed by atoms with van der Waals surface area (Å²) in [6.45, 7) is 1.85. The molecule has 0 aliphatic heterocycles. The van der Waals surface area contributed by atoms with Crippen LogP contribution in [0, 0.1) is 6.92 Å². The molecule has 1 heterocycles. The number of fused-ring (bicyclic) bond motifs is 1. The maximum atomic E-state index is 12.5.